The average Bonchev–Trinajstić information content (AvgIpc) is 2.36. The highest BCUT2D eigenvalue weighted by molar-refractivity contribution is 7.91. The van der Waals surface area contributed by atoms with Gasteiger partial charge in [0.05, 0.1) is 17.2 Å². The molecule has 1 aromatic carbocycles. The first kappa shape index (κ1) is 15.9. The number of nitrogens with one attached hydrogen (secondary N) is 2. The number of sulfone groups is 1. The second-order valence-corrected chi connectivity index (χ2v) is 7.52. The maximum absolute atomic E-state index is 13.4. The number of rotatable bonds is 4. The zero-order chi connectivity index (χ0) is 15.6. The van der Waals surface area contributed by atoms with Crippen LogP contribution in [0, 0.1) is 5.82 Å². The fourth-order valence-electron chi connectivity index (χ4n) is 2.41. The number of amides is 1. The van der Waals surface area contributed by atoms with E-state index in [1.54, 1.807) is 0 Å². The van der Waals surface area contributed by atoms with E-state index in [0.29, 0.717) is 12.0 Å². The maximum atomic E-state index is 13.4. The fourth-order valence-corrected chi connectivity index (χ4v) is 4.02. The van der Waals surface area contributed by atoms with Crippen LogP contribution in [0.5, 0.6) is 0 Å². The lowest BCUT2D eigenvalue weighted by atomic mass is 10.0. The topological polar surface area (TPSA) is 75.3 Å². The molecule has 2 rings (SSSR count). The lowest BCUT2D eigenvalue weighted by Gasteiger charge is -2.26. The number of carbonyl (C=O) groups excluding carboxylic acids is 1. The molecule has 1 aliphatic heterocycles. The summed E-state index contributed by atoms with van der Waals surface area (Å²) in [5, 5.41) is 5.74. The van der Waals surface area contributed by atoms with E-state index in [4.69, 9.17) is 0 Å². The van der Waals surface area contributed by atoms with E-state index in [1.165, 1.54) is 12.1 Å². The van der Waals surface area contributed by atoms with E-state index in [-0.39, 0.29) is 35.2 Å². The van der Waals surface area contributed by atoms with Gasteiger partial charge in [0.1, 0.15) is 5.82 Å². The summed E-state index contributed by atoms with van der Waals surface area (Å²) < 4.78 is 37.4. The Kier molecular flexibility index (Phi) is 4.63. The Hall–Kier alpha value is -1.47. The summed E-state index contributed by atoms with van der Waals surface area (Å²) in [5.74, 6) is -0.657. The van der Waals surface area contributed by atoms with Gasteiger partial charge in [-0.05, 0) is 44.0 Å². The molecule has 0 bridgehead atoms. The van der Waals surface area contributed by atoms with Crippen LogP contribution < -0.4 is 10.6 Å². The SMILES string of the molecule is CC(C)NC(=O)CNC1CCS(=O)(=O)c2ccc(F)cc21. The van der Waals surface area contributed by atoms with Gasteiger partial charge < -0.3 is 10.6 Å². The van der Waals surface area contributed by atoms with Crippen molar-refractivity contribution in [1.82, 2.24) is 10.6 Å². The molecule has 5 nitrogen and oxygen atoms in total. The minimum Gasteiger partial charge on any atom is -0.353 e. The van der Waals surface area contributed by atoms with Crippen LogP contribution in [-0.2, 0) is 14.6 Å². The van der Waals surface area contributed by atoms with Crippen molar-refractivity contribution < 1.29 is 17.6 Å². The molecule has 1 heterocycles. The predicted molar refractivity (Wildman–Crippen MR) is 77.1 cm³/mol. The number of fused-ring (bicyclic) bond motifs is 1. The van der Waals surface area contributed by atoms with Crippen LogP contribution in [0.25, 0.3) is 0 Å². The zero-order valence-electron chi connectivity index (χ0n) is 12.0. The molecule has 7 heteroatoms. The number of carbonyl (C=O) groups is 1. The van der Waals surface area contributed by atoms with Gasteiger partial charge in [-0.1, -0.05) is 0 Å². The molecule has 1 atom stereocenters. The van der Waals surface area contributed by atoms with Crippen molar-refractivity contribution in [2.75, 3.05) is 12.3 Å². The van der Waals surface area contributed by atoms with Gasteiger partial charge in [-0.25, -0.2) is 12.8 Å². The quantitative estimate of drug-likeness (QED) is 0.818. The lowest BCUT2D eigenvalue weighted by Crippen LogP contribution is -2.40. The molecule has 1 aromatic rings. The third kappa shape index (κ3) is 3.79. The first-order valence-electron chi connectivity index (χ1n) is 6.84. The van der Waals surface area contributed by atoms with Crippen LogP contribution in [-0.4, -0.2) is 32.7 Å². The van der Waals surface area contributed by atoms with E-state index >= 15 is 0 Å². The smallest absolute Gasteiger partial charge is 0.234 e. The summed E-state index contributed by atoms with van der Waals surface area (Å²) >= 11 is 0. The van der Waals surface area contributed by atoms with Crippen LogP contribution in [0.3, 0.4) is 0 Å². The lowest BCUT2D eigenvalue weighted by molar-refractivity contribution is -0.120. The standard InChI is InChI=1S/C14H19FN2O3S/c1-9(2)17-14(18)8-16-12-5-6-21(19,20)13-4-3-10(15)7-11(12)13/h3-4,7,9,12,16H,5-6,8H2,1-2H3,(H,17,18). The molecular weight excluding hydrogens is 295 g/mol. The molecule has 21 heavy (non-hydrogen) atoms. The van der Waals surface area contributed by atoms with E-state index in [2.05, 4.69) is 10.6 Å². The van der Waals surface area contributed by atoms with Crippen molar-refractivity contribution in [3.63, 3.8) is 0 Å². The van der Waals surface area contributed by atoms with E-state index in [1.807, 2.05) is 13.8 Å². The molecule has 0 spiro atoms. The minimum absolute atomic E-state index is 0.00486. The summed E-state index contributed by atoms with van der Waals surface area (Å²) in [6.45, 7) is 3.78. The van der Waals surface area contributed by atoms with Gasteiger partial charge in [0.15, 0.2) is 9.84 Å². The molecule has 1 aliphatic rings. The maximum Gasteiger partial charge on any atom is 0.234 e. The predicted octanol–water partition coefficient (Wildman–Crippen LogP) is 1.16. The third-order valence-corrected chi connectivity index (χ3v) is 5.13. The summed E-state index contributed by atoms with van der Waals surface area (Å²) in [6.07, 6.45) is 0.327. The Labute approximate surface area is 123 Å². The Morgan fingerprint density at radius 3 is 2.81 bits per heavy atom. The van der Waals surface area contributed by atoms with Crippen molar-refractivity contribution in [1.29, 1.82) is 0 Å². The number of hydrogen-bond acceptors (Lipinski definition) is 4. The highest BCUT2D eigenvalue weighted by Crippen LogP contribution is 2.32. The van der Waals surface area contributed by atoms with Crippen molar-refractivity contribution in [2.45, 2.75) is 37.2 Å². The summed E-state index contributed by atoms with van der Waals surface area (Å²) in [4.78, 5) is 11.8. The molecule has 0 saturated carbocycles. The number of halogens is 1. The van der Waals surface area contributed by atoms with Gasteiger partial charge in [0.2, 0.25) is 5.91 Å². The Morgan fingerprint density at radius 1 is 1.43 bits per heavy atom. The molecule has 0 saturated heterocycles. The second kappa shape index (κ2) is 6.11. The highest BCUT2D eigenvalue weighted by Gasteiger charge is 2.30. The van der Waals surface area contributed by atoms with Gasteiger partial charge >= 0.3 is 0 Å². The molecule has 0 aromatic heterocycles. The monoisotopic (exact) mass is 314 g/mol. The summed E-state index contributed by atoms with van der Waals surface area (Å²) in [6, 6.07) is 3.36. The van der Waals surface area contributed by atoms with Gasteiger partial charge in [0, 0.05) is 12.1 Å². The van der Waals surface area contributed by atoms with Gasteiger partial charge in [0.25, 0.3) is 0 Å². The Morgan fingerprint density at radius 2 is 2.14 bits per heavy atom. The van der Waals surface area contributed by atoms with Crippen LogP contribution in [0.15, 0.2) is 23.1 Å². The van der Waals surface area contributed by atoms with E-state index < -0.39 is 15.7 Å². The third-order valence-electron chi connectivity index (χ3n) is 3.32. The second-order valence-electron chi connectivity index (χ2n) is 5.45. The zero-order valence-corrected chi connectivity index (χ0v) is 12.8. The average molecular weight is 314 g/mol. The highest BCUT2D eigenvalue weighted by atomic mass is 32.2. The first-order valence-corrected chi connectivity index (χ1v) is 8.50. The Balaban J connectivity index is 2.16. The molecule has 1 amide bonds. The van der Waals surface area contributed by atoms with Crippen molar-refractivity contribution in [3.8, 4) is 0 Å². The molecule has 0 radical (unpaired) electrons. The minimum atomic E-state index is -3.36. The van der Waals surface area contributed by atoms with Gasteiger partial charge in [-0.3, -0.25) is 4.79 Å². The van der Waals surface area contributed by atoms with Gasteiger partial charge in [-0.2, -0.15) is 0 Å². The molecule has 116 valence electrons. The summed E-state index contributed by atoms with van der Waals surface area (Å²) in [5.41, 5.74) is 0.401. The molecular formula is C14H19FN2O3S. The number of hydrogen-bond donors (Lipinski definition) is 2. The van der Waals surface area contributed by atoms with Crippen LogP contribution >= 0.6 is 0 Å². The molecule has 0 fully saturated rings. The molecule has 1 unspecified atom stereocenters. The van der Waals surface area contributed by atoms with Crippen molar-refractivity contribution in [2.24, 2.45) is 0 Å². The Bertz CT molecular complexity index is 644. The van der Waals surface area contributed by atoms with Crippen LogP contribution in [0.1, 0.15) is 31.9 Å². The first-order chi connectivity index (χ1) is 9.79. The van der Waals surface area contributed by atoms with Crippen molar-refractivity contribution >= 4 is 15.7 Å². The van der Waals surface area contributed by atoms with E-state index in [9.17, 15) is 17.6 Å². The van der Waals surface area contributed by atoms with Crippen molar-refractivity contribution in [3.05, 3.63) is 29.6 Å². The van der Waals surface area contributed by atoms with E-state index in [0.717, 1.165) is 6.07 Å². The largest absolute Gasteiger partial charge is 0.353 e. The number of benzene rings is 1. The summed E-state index contributed by atoms with van der Waals surface area (Å²) in [7, 11) is -3.36. The fraction of sp³-hybridized carbons (Fsp3) is 0.500. The van der Waals surface area contributed by atoms with Gasteiger partial charge in [-0.15, -0.1) is 0 Å². The normalized spacial score (nSPS) is 20.1. The molecule has 2 N–H and O–H groups in total. The van der Waals surface area contributed by atoms with Crippen LogP contribution in [0.2, 0.25) is 0 Å². The molecule has 0 aliphatic carbocycles. The van der Waals surface area contributed by atoms with Crippen LogP contribution in [0.4, 0.5) is 4.39 Å².